The first kappa shape index (κ1) is 20.1. The molecule has 0 saturated carbocycles. The molecule has 0 bridgehead atoms. The van der Waals surface area contributed by atoms with E-state index in [2.05, 4.69) is 16.0 Å². The second-order valence-corrected chi connectivity index (χ2v) is 6.93. The summed E-state index contributed by atoms with van der Waals surface area (Å²) in [5.41, 5.74) is 12.4. The molecule has 1 aliphatic rings. The monoisotopic (exact) mass is 413 g/mol. The van der Waals surface area contributed by atoms with Gasteiger partial charge in [0.2, 0.25) is 0 Å². The number of aliphatic imine (C=N–C) groups is 1. The van der Waals surface area contributed by atoms with E-state index in [-0.39, 0.29) is 11.3 Å². The van der Waals surface area contributed by atoms with Crippen molar-refractivity contribution in [2.45, 2.75) is 6.42 Å². The molecule has 31 heavy (non-hydrogen) atoms. The normalized spacial score (nSPS) is 14.1. The Hall–Kier alpha value is -4.15. The van der Waals surface area contributed by atoms with Crippen LogP contribution in [0.1, 0.15) is 27.0 Å². The lowest BCUT2D eigenvalue weighted by Crippen LogP contribution is -2.25. The number of amidine groups is 1. The molecule has 0 atom stereocenters. The maximum Gasteiger partial charge on any atom is 0.250 e. The SMILES string of the molecule is COc1ccc2c(c1)C(=Nc1cc(F)ccc1C(N)=O)NC(c1ccccc1)=C=CC2. The Kier molecular flexibility index (Phi) is 5.65. The molecule has 3 N–H and O–H groups in total. The summed E-state index contributed by atoms with van der Waals surface area (Å²) in [5, 5.41) is 3.31. The summed E-state index contributed by atoms with van der Waals surface area (Å²) in [4.78, 5) is 16.5. The Bertz CT molecular complexity index is 1240. The van der Waals surface area contributed by atoms with Crippen molar-refractivity contribution in [2.24, 2.45) is 10.7 Å². The zero-order chi connectivity index (χ0) is 21.8. The highest BCUT2D eigenvalue weighted by Gasteiger charge is 2.17. The van der Waals surface area contributed by atoms with Gasteiger partial charge in [0.25, 0.3) is 5.91 Å². The molecule has 1 heterocycles. The van der Waals surface area contributed by atoms with Gasteiger partial charge in [-0.3, -0.25) is 4.79 Å². The molecule has 0 radical (unpaired) electrons. The number of methoxy groups -OCH3 is 1. The third-order valence-electron chi connectivity index (χ3n) is 4.90. The van der Waals surface area contributed by atoms with Crippen LogP contribution in [0.5, 0.6) is 5.75 Å². The predicted molar refractivity (Wildman–Crippen MR) is 119 cm³/mol. The first-order valence-corrected chi connectivity index (χ1v) is 9.68. The number of halogens is 1. The van der Waals surface area contributed by atoms with Crippen LogP contribution >= 0.6 is 0 Å². The molecule has 3 aromatic rings. The molecule has 1 amide bonds. The van der Waals surface area contributed by atoms with Crippen LogP contribution in [0.4, 0.5) is 10.1 Å². The highest BCUT2D eigenvalue weighted by molar-refractivity contribution is 6.08. The van der Waals surface area contributed by atoms with Crippen LogP contribution in [-0.4, -0.2) is 18.9 Å². The molecule has 0 unspecified atom stereocenters. The number of nitrogens with zero attached hydrogens (tertiary/aromatic N) is 1. The van der Waals surface area contributed by atoms with Crippen molar-refractivity contribution >= 4 is 23.1 Å². The van der Waals surface area contributed by atoms with E-state index in [1.54, 1.807) is 7.11 Å². The van der Waals surface area contributed by atoms with Gasteiger partial charge in [-0.05, 0) is 42.3 Å². The van der Waals surface area contributed by atoms with E-state index in [1.807, 2.05) is 54.6 Å². The maximum absolute atomic E-state index is 14.0. The van der Waals surface area contributed by atoms with Crippen molar-refractivity contribution in [1.29, 1.82) is 0 Å². The number of carbonyl (C=O) groups excluding carboxylic acids is 1. The fraction of sp³-hybridized carbons (Fsp3) is 0.0800. The molecular formula is C25H20FN3O2. The van der Waals surface area contributed by atoms with Crippen molar-refractivity contribution in [2.75, 3.05) is 7.11 Å². The number of carbonyl (C=O) groups is 1. The molecule has 5 nitrogen and oxygen atoms in total. The van der Waals surface area contributed by atoms with Gasteiger partial charge in [0.1, 0.15) is 17.4 Å². The van der Waals surface area contributed by atoms with E-state index in [9.17, 15) is 9.18 Å². The summed E-state index contributed by atoms with van der Waals surface area (Å²) in [5.74, 6) is -0.117. The number of rotatable bonds is 4. The van der Waals surface area contributed by atoms with Crippen LogP contribution in [0.15, 0.2) is 83.5 Å². The molecule has 1 aliphatic heterocycles. The number of hydrogen-bond donors (Lipinski definition) is 2. The van der Waals surface area contributed by atoms with E-state index in [4.69, 9.17) is 10.5 Å². The van der Waals surface area contributed by atoms with E-state index in [0.29, 0.717) is 23.7 Å². The lowest BCUT2D eigenvalue weighted by Gasteiger charge is -2.18. The van der Waals surface area contributed by atoms with Gasteiger partial charge in [-0.2, -0.15) is 0 Å². The number of primary amides is 1. The number of amides is 1. The van der Waals surface area contributed by atoms with Gasteiger partial charge in [-0.1, -0.05) is 42.1 Å². The molecule has 0 aromatic heterocycles. The average Bonchev–Trinajstić information content (AvgIpc) is 2.77. The third kappa shape index (κ3) is 4.39. The second kappa shape index (κ2) is 8.69. The number of benzene rings is 3. The van der Waals surface area contributed by atoms with Gasteiger partial charge in [0.15, 0.2) is 0 Å². The minimum Gasteiger partial charge on any atom is -0.497 e. The standard InChI is InChI=1S/C25H20FN3O2/c1-31-19-12-10-16-8-5-9-22(17-6-3-2-4-7-17)28-25(21(16)15-19)29-23-14-18(26)11-13-20(23)24(27)30/h2-7,10-15H,8H2,1H3,(H2,27,30)(H,28,29). The lowest BCUT2D eigenvalue weighted by molar-refractivity contribution is 0.100. The Balaban J connectivity index is 1.93. The van der Waals surface area contributed by atoms with E-state index in [1.165, 1.54) is 18.2 Å². The van der Waals surface area contributed by atoms with Crippen molar-refractivity contribution in [3.05, 3.63) is 107 Å². The number of allylic oxidation sites excluding steroid dienone is 1. The van der Waals surface area contributed by atoms with Crippen LogP contribution in [-0.2, 0) is 6.42 Å². The zero-order valence-corrected chi connectivity index (χ0v) is 16.9. The fourth-order valence-corrected chi connectivity index (χ4v) is 3.34. The number of nitrogens with one attached hydrogen (secondary N) is 1. The van der Waals surface area contributed by atoms with Crippen LogP contribution < -0.4 is 15.8 Å². The van der Waals surface area contributed by atoms with Gasteiger partial charge < -0.3 is 15.8 Å². The van der Waals surface area contributed by atoms with Crippen molar-refractivity contribution in [1.82, 2.24) is 5.32 Å². The Morgan fingerprint density at radius 2 is 1.94 bits per heavy atom. The lowest BCUT2D eigenvalue weighted by atomic mass is 10.0. The van der Waals surface area contributed by atoms with Gasteiger partial charge in [-0.15, -0.1) is 0 Å². The first-order valence-electron chi connectivity index (χ1n) is 9.68. The largest absolute Gasteiger partial charge is 0.497 e. The van der Waals surface area contributed by atoms with Crippen LogP contribution in [0.3, 0.4) is 0 Å². The molecule has 4 rings (SSSR count). The van der Waals surface area contributed by atoms with Crippen LogP contribution in [0.25, 0.3) is 5.70 Å². The smallest absolute Gasteiger partial charge is 0.250 e. The average molecular weight is 413 g/mol. The topological polar surface area (TPSA) is 76.7 Å². The highest BCUT2D eigenvalue weighted by atomic mass is 19.1. The molecule has 6 heteroatoms. The summed E-state index contributed by atoms with van der Waals surface area (Å²) in [6.07, 6.45) is 2.55. The van der Waals surface area contributed by atoms with Crippen LogP contribution in [0, 0.1) is 5.82 Å². The zero-order valence-electron chi connectivity index (χ0n) is 16.9. The molecular weight excluding hydrogens is 393 g/mol. The summed E-state index contributed by atoms with van der Waals surface area (Å²) in [7, 11) is 1.59. The maximum atomic E-state index is 14.0. The van der Waals surface area contributed by atoms with E-state index in [0.717, 1.165) is 16.7 Å². The quantitative estimate of drug-likeness (QED) is 0.624. The molecule has 3 aromatic carbocycles. The third-order valence-corrected chi connectivity index (χ3v) is 4.90. The molecule has 0 spiro atoms. The number of hydrogen-bond acceptors (Lipinski definition) is 3. The summed E-state index contributed by atoms with van der Waals surface area (Å²) < 4.78 is 19.4. The number of nitrogens with two attached hydrogens (primary N) is 1. The van der Waals surface area contributed by atoms with E-state index < -0.39 is 11.7 Å². The predicted octanol–water partition coefficient (Wildman–Crippen LogP) is 4.35. The summed E-state index contributed by atoms with van der Waals surface area (Å²) in [6.45, 7) is 0. The summed E-state index contributed by atoms with van der Waals surface area (Å²) in [6, 6.07) is 19.1. The van der Waals surface area contributed by atoms with Gasteiger partial charge in [0.05, 0.1) is 24.1 Å². The van der Waals surface area contributed by atoms with Crippen molar-refractivity contribution in [3.8, 4) is 5.75 Å². The van der Waals surface area contributed by atoms with E-state index >= 15 is 0 Å². The second-order valence-electron chi connectivity index (χ2n) is 6.93. The minimum absolute atomic E-state index is 0.128. The Labute approximate surface area is 179 Å². The van der Waals surface area contributed by atoms with Crippen molar-refractivity contribution < 1.29 is 13.9 Å². The first-order chi connectivity index (χ1) is 15.0. The molecule has 0 saturated heterocycles. The minimum atomic E-state index is -0.685. The fourth-order valence-electron chi connectivity index (χ4n) is 3.34. The highest BCUT2D eigenvalue weighted by Crippen LogP contribution is 2.26. The summed E-state index contributed by atoms with van der Waals surface area (Å²) >= 11 is 0. The molecule has 154 valence electrons. The molecule has 0 aliphatic carbocycles. The number of fused-ring (bicyclic) bond motifs is 1. The van der Waals surface area contributed by atoms with Gasteiger partial charge in [0, 0.05) is 17.2 Å². The molecule has 0 fully saturated rings. The number of ether oxygens (including phenoxy) is 1. The van der Waals surface area contributed by atoms with Gasteiger partial charge in [-0.25, -0.2) is 9.38 Å². The van der Waals surface area contributed by atoms with Crippen LogP contribution in [0.2, 0.25) is 0 Å². The van der Waals surface area contributed by atoms with Crippen molar-refractivity contribution in [3.63, 3.8) is 0 Å². The van der Waals surface area contributed by atoms with Gasteiger partial charge >= 0.3 is 0 Å². The Morgan fingerprint density at radius 1 is 1.13 bits per heavy atom. The Morgan fingerprint density at radius 3 is 2.68 bits per heavy atom.